The highest BCUT2D eigenvalue weighted by Gasteiger charge is 2.55. The number of hydrogen-bond acceptors (Lipinski definition) is 13. The molecule has 2 amide bonds. The third kappa shape index (κ3) is 8.60. The molecule has 60 heavy (non-hydrogen) atoms. The van der Waals surface area contributed by atoms with Crippen molar-refractivity contribution in [1.29, 1.82) is 0 Å². The Labute approximate surface area is 353 Å². The van der Waals surface area contributed by atoms with E-state index in [-0.39, 0.29) is 29.5 Å². The van der Waals surface area contributed by atoms with Crippen LogP contribution >= 0.6 is 23.1 Å². The first-order valence-corrected chi connectivity index (χ1v) is 20.7. The minimum Gasteiger partial charge on any atom is -0.489 e. The van der Waals surface area contributed by atoms with Gasteiger partial charge in [0.15, 0.2) is 10.8 Å². The Hall–Kier alpha value is -6.52. The molecule has 1 saturated heterocycles. The van der Waals surface area contributed by atoms with Gasteiger partial charge in [-0.05, 0) is 49.6 Å². The fourth-order valence-corrected chi connectivity index (χ4v) is 8.81. The number of nitrogens with one attached hydrogen (secondary N) is 2. The summed E-state index contributed by atoms with van der Waals surface area (Å²) in [4.78, 5) is 59.3. The third-order valence-electron chi connectivity index (χ3n) is 9.71. The van der Waals surface area contributed by atoms with Gasteiger partial charge in [-0.1, -0.05) is 102 Å². The quantitative estimate of drug-likeness (QED) is 0.0207. The van der Waals surface area contributed by atoms with Crippen LogP contribution in [0.4, 0.5) is 9.52 Å². The monoisotopic (exact) mass is 849 g/mol. The van der Waals surface area contributed by atoms with Crippen molar-refractivity contribution in [3.05, 3.63) is 160 Å². The van der Waals surface area contributed by atoms with Crippen LogP contribution in [0.2, 0.25) is 0 Å². The Morgan fingerprint density at radius 3 is 2.08 bits per heavy atom. The number of β-lactam (4-membered cyclic amide) rings is 1. The number of thiazole rings is 1. The van der Waals surface area contributed by atoms with Gasteiger partial charge in [0.2, 0.25) is 6.79 Å². The van der Waals surface area contributed by atoms with Crippen molar-refractivity contribution in [2.75, 3.05) is 24.5 Å². The Morgan fingerprint density at radius 2 is 1.52 bits per heavy atom. The molecule has 13 nitrogen and oxygen atoms in total. The van der Waals surface area contributed by atoms with Gasteiger partial charge in [0.25, 0.3) is 11.8 Å². The maximum atomic E-state index is 13.9. The second-order valence-corrected chi connectivity index (χ2v) is 16.7. The summed E-state index contributed by atoms with van der Waals surface area (Å²) in [6.45, 7) is 4.02. The summed E-state index contributed by atoms with van der Waals surface area (Å²) < 4.78 is 30.0. The van der Waals surface area contributed by atoms with Crippen molar-refractivity contribution in [2.45, 2.75) is 37.7 Å². The molecule has 0 aliphatic carbocycles. The van der Waals surface area contributed by atoms with Crippen LogP contribution in [0.25, 0.3) is 0 Å². The molecule has 16 heteroatoms. The number of aromatic nitrogens is 1. The average Bonchev–Trinajstić information content (AvgIpc) is 3.72. The van der Waals surface area contributed by atoms with Crippen molar-refractivity contribution >= 4 is 57.7 Å². The van der Waals surface area contributed by atoms with Crippen molar-refractivity contribution in [3.63, 3.8) is 0 Å². The van der Waals surface area contributed by atoms with Crippen LogP contribution in [0, 0.1) is 11.2 Å². The predicted octanol–water partition coefficient (Wildman–Crippen LogP) is 6.69. The number of halogens is 1. The zero-order valence-electron chi connectivity index (χ0n) is 32.7. The number of amides is 2. The number of rotatable bonds is 14. The molecule has 2 aliphatic rings. The number of carbonyl (C=O) groups excluding carboxylic acids is 4. The van der Waals surface area contributed by atoms with Crippen LogP contribution in [0.3, 0.4) is 0 Å². The van der Waals surface area contributed by atoms with Gasteiger partial charge in [-0.15, -0.1) is 23.1 Å². The van der Waals surface area contributed by atoms with Gasteiger partial charge in [0.05, 0.1) is 5.41 Å². The van der Waals surface area contributed by atoms with E-state index < -0.39 is 64.4 Å². The Kier molecular flexibility index (Phi) is 12.3. The highest BCUT2D eigenvalue weighted by molar-refractivity contribution is 8.00. The molecule has 3 heterocycles. The van der Waals surface area contributed by atoms with Crippen LogP contribution in [0.5, 0.6) is 5.75 Å². The van der Waals surface area contributed by atoms with E-state index in [0.717, 1.165) is 16.7 Å². The van der Waals surface area contributed by atoms with Crippen LogP contribution < -0.4 is 15.4 Å². The summed E-state index contributed by atoms with van der Waals surface area (Å²) >= 11 is 2.45. The molecule has 1 unspecified atom stereocenters. The largest absolute Gasteiger partial charge is 0.489 e. The normalized spacial score (nSPS) is 16.6. The minimum atomic E-state index is -1.13. The number of carbonyl (C=O) groups is 4. The SMILES string of the molecule is CC(C)(C)C(=O)OCOC(=O)C1=C(COc2cccc(F)c2)CS[C@@H]2C(NC(=O)/C(=N\O)c3csc(NC(c4ccccc4)(c4ccccc4)c4ccccc4)n3)C(=O)N12. The van der Waals surface area contributed by atoms with E-state index in [1.54, 1.807) is 32.2 Å². The number of ether oxygens (including phenoxy) is 3. The van der Waals surface area contributed by atoms with Gasteiger partial charge >= 0.3 is 11.9 Å². The Balaban J connectivity index is 1.10. The summed E-state index contributed by atoms with van der Waals surface area (Å²) in [5.74, 6) is -3.26. The number of esters is 2. The first kappa shape index (κ1) is 41.6. The molecule has 308 valence electrons. The van der Waals surface area contributed by atoms with Gasteiger partial charge < -0.3 is 30.1 Å². The van der Waals surface area contributed by atoms with Crippen molar-refractivity contribution < 1.29 is 43.0 Å². The molecular formula is C44H40FN5O8S2. The number of benzene rings is 4. The van der Waals surface area contributed by atoms with E-state index >= 15 is 0 Å². The molecule has 2 aliphatic heterocycles. The molecule has 0 spiro atoms. The topological polar surface area (TPSA) is 169 Å². The first-order chi connectivity index (χ1) is 28.9. The van der Waals surface area contributed by atoms with E-state index in [0.29, 0.717) is 10.7 Å². The van der Waals surface area contributed by atoms with Crippen molar-refractivity contribution in [2.24, 2.45) is 10.6 Å². The van der Waals surface area contributed by atoms with Crippen LogP contribution in [0.1, 0.15) is 43.2 Å². The zero-order valence-corrected chi connectivity index (χ0v) is 34.3. The average molecular weight is 850 g/mol. The van der Waals surface area contributed by atoms with Crippen molar-refractivity contribution in [1.82, 2.24) is 15.2 Å². The summed E-state index contributed by atoms with van der Waals surface area (Å²) in [5, 5.41) is 20.9. The number of hydrogen-bond donors (Lipinski definition) is 3. The molecule has 7 rings (SSSR count). The number of nitrogens with zero attached hydrogens (tertiary/aromatic N) is 3. The lowest BCUT2D eigenvalue weighted by molar-refractivity contribution is -0.173. The number of thioether (sulfide) groups is 1. The molecule has 1 aromatic heterocycles. The van der Waals surface area contributed by atoms with Gasteiger partial charge in [0, 0.05) is 22.8 Å². The summed E-state index contributed by atoms with van der Waals surface area (Å²) in [5.41, 5.74) is 0.831. The highest BCUT2D eigenvalue weighted by Crippen LogP contribution is 2.42. The standard InChI is InChI=1S/C44H40FN5O8S2/c1-43(2,3)41(54)58-26-57-40(53)36-27(23-56-32-21-13-20-31(45)22-32)24-59-39-35(38(52)50(36)39)47-37(51)34(49-55)33-25-60-42(46-33)48-44(28-14-7-4-8-15-28,29-16-9-5-10-17-29)30-18-11-6-12-19-30/h4-22,25,35,39,55H,23-24,26H2,1-3H3,(H,46,48)(H,47,51)/b49-34-/t35?,39-/m1/s1. The fraction of sp³-hybridized carbons (Fsp3) is 0.227. The lowest BCUT2D eigenvalue weighted by Gasteiger charge is -2.49. The van der Waals surface area contributed by atoms with E-state index in [9.17, 15) is 28.8 Å². The number of fused-ring (bicyclic) bond motifs is 1. The molecule has 0 saturated carbocycles. The molecule has 0 radical (unpaired) electrons. The number of anilines is 1. The Bertz CT molecular complexity index is 2340. The maximum absolute atomic E-state index is 13.9. The number of oxime groups is 1. The van der Waals surface area contributed by atoms with E-state index in [4.69, 9.17) is 14.2 Å². The van der Waals surface area contributed by atoms with Crippen LogP contribution in [-0.4, -0.2) is 75.1 Å². The lowest BCUT2D eigenvalue weighted by atomic mass is 9.77. The third-order valence-corrected chi connectivity index (χ3v) is 11.8. The van der Waals surface area contributed by atoms with Gasteiger partial charge in [0.1, 0.15) is 46.5 Å². The second kappa shape index (κ2) is 17.8. The minimum absolute atomic E-state index is 0.0521. The van der Waals surface area contributed by atoms with E-state index in [1.807, 2.05) is 91.0 Å². The Morgan fingerprint density at radius 1 is 0.900 bits per heavy atom. The second-order valence-electron chi connectivity index (χ2n) is 14.8. The van der Waals surface area contributed by atoms with Gasteiger partial charge in [-0.2, -0.15) is 0 Å². The van der Waals surface area contributed by atoms with E-state index in [1.165, 1.54) is 46.2 Å². The maximum Gasteiger partial charge on any atom is 0.358 e. The highest BCUT2D eigenvalue weighted by atomic mass is 32.2. The molecule has 4 aromatic carbocycles. The summed E-state index contributed by atoms with van der Waals surface area (Å²) in [6.07, 6.45) is 0. The molecular weight excluding hydrogens is 810 g/mol. The van der Waals surface area contributed by atoms with E-state index in [2.05, 4.69) is 20.8 Å². The van der Waals surface area contributed by atoms with Gasteiger partial charge in [-0.3, -0.25) is 19.3 Å². The molecule has 1 fully saturated rings. The zero-order chi connectivity index (χ0) is 42.4. The lowest BCUT2D eigenvalue weighted by Crippen LogP contribution is -2.71. The molecule has 3 N–H and O–H groups in total. The van der Waals surface area contributed by atoms with Crippen molar-refractivity contribution in [3.8, 4) is 5.75 Å². The molecule has 5 aromatic rings. The predicted molar refractivity (Wildman–Crippen MR) is 224 cm³/mol. The summed E-state index contributed by atoms with van der Waals surface area (Å²) in [6, 6.07) is 33.9. The van der Waals surface area contributed by atoms with Crippen LogP contribution in [0.15, 0.2) is 137 Å². The van der Waals surface area contributed by atoms with Gasteiger partial charge in [-0.25, -0.2) is 14.2 Å². The smallest absolute Gasteiger partial charge is 0.358 e. The first-order valence-electron chi connectivity index (χ1n) is 18.7. The fourth-order valence-electron chi connectivity index (χ4n) is 6.74. The molecule has 0 bridgehead atoms. The summed E-state index contributed by atoms with van der Waals surface area (Å²) in [7, 11) is 0. The molecule has 2 atom stereocenters. The van der Waals surface area contributed by atoms with Crippen LogP contribution in [-0.2, 0) is 34.2 Å².